The summed E-state index contributed by atoms with van der Waals surface area (Å²) in [6, 6.07) is 61.7. The maximum absolute atomic E-state index is 6.24. The van der Waals surface area contributed by atoms with Crippen LogP contribution in [0.2, 0.25) is 0 Å². The zero-order valence-electron chi connectivity index (χ0n) is 25.6. The highest BCUT2D eigenvalue weighted by molar-refractivity contribution is 6.23. The van der Waals surface area contributed by atoms with Gasteiger partial charge in [0.25, 0.3) is 0 Å². The third-order valence-electron chi connectivity index (χ3n) is 9.81. The predicted octanol–water partition coefficient (Wildman–Crippen LogP) is 13.2. The van der Waals surface area contributed by atoms with E-state index in [2.05, 4.69) is 170 Å². The van der Waals surface area contributed by atoms with E-state index in [1.165, 1.54) is 76.5 Å². The van der Waals surface area contributed by atoms with Gasteiger partial charge in [-0.2, -0.15) is 0 Å². The van der Waals surface area contributed by atoms with Gasteiger partial charge in [0.15, 0.2) is 0 Å². The molecule has 0 saturated carbocycles. The van der Waals surface area contributed by atoms with Gasteiger partial charge in [-0.25, -0.2) is 0 Å². The molecule has 0 saturated heterocycles. The van der Waals surface area contributed by atoms with E-state index in [1.54, 1.807) is 0 Å². The maximum Gasteiger partial charge on any atom is 0.135 e. The molecule has 0 spiro atoms. The molecule has 1 nitrogen and oxygen atoms in total. The Kier molecular flexibility index (Phi) is 5.64. The van der Waals surface area contributed by atoms with Crippen molar-refractivity contribution in [1.82, 2.24) is 0 Å². The van der Waals surface area contributed by atoms with Crippen molar-refractivity contribution in [3.63, 3.8) is 0 Å². The monoisotopic (exact) mass is 596 g/mol. The lowest BCUT2D eigenvalue weighted by Gasteiger charge is -2.14. The topological polar surface area (TPSA) is 13.1 Å². The minimum Gasteiger partial charge on any atom is -0.456 e. The Morgan fingerprint density at radius 1 is 0.277 bits per heavy atom. The molecule has 0 bridgehead atoms. The van der Waals surface area contributed by atoms with Crippen molar-refractivity contribution in [1.29, 1.82) is 0 Å². The molecule has 0 radical (unpaired) electrons. The smallest absolute Gasteiger partial charge is 0.135 e. The summed E-state index contributed by atoms with van der Waals surface area (Å²) in [5, 5.41) is 12.5. The summed E-state index contributed by atoms with van der Waals surface area (Å²) in [4.78, 5) is 0. The molecule has 1 heteroatoms. The van der Waals surface area contributed by atoms with E-state index in [9.17, 15) is 0 Å². The van der Waals surface area contributed by atoms with Crippen molar-refractivity contribution in [3.05, 3.63) is 170 Å². The lowest BCUT2D eigenvalue weighted by molar-refractivity contribution is 0.669. The van der Waals surface area contributed by atoms with Crippen LogP contribution >= 0.6 is 0 Å². The van der Waals surface area contributed by atoms with Gasteiger partial charge in [0.05, 0.1) is 0 Å². The highest BCUT2D eigenvalue weighted by Crippen LogP contribution is 2.40. The Bertz CT molecular complexity index is 2840. The fourth-order valence-corrected chi connectivity index (χ4v) is 7.48. The molecule has 0 fully saturated rings. The Morgan fingerprint density at radius 2 is 0.809 bits per heavy atom. The van der Waals surface area contributed by atoms with Crippen molar-refractivity contribution in [2.24, 2.45) is 0 Å². The van der Waals surface area contributed by atoms with E-state index >= 15 is 0 Å². The highest BCUT2D eigenvalue weighted by Gasteiger charge is 2.13. The van der Waals surface area contributed by atoms with E-state index in [4.69, 9.17) is 4.42 Å². The fourth-order valence-electron chi connectivity index (χ4n) is 7.48. The second-order valence-corrected chi connectivity index (χ2v) is 12.5. The summed E-state index contributed by atoms with van der Waals surface area (Å²) in [5.41, 5.74) is 9.11. The van der Waals surface area contributed by atoms with Crippen molar-refractivity contribution >= 4 is 65.0 Å². The van der Waals surface area contributed by atoms with E-state index in [0.717, 1.165) is 21.9 Å². The minimum atomic E-state index is 0.912. The molecule has 0 amide bonds. The van der Waals surface area contributed by atoms with E-state index in [-0.39, 0.29) is 0 Å². The molecule has 218 valence electrons. The average Bonchev–Trinajstić information content (AvgIpc) is 3.51. The minimum absolute atomic E-state index is 0.912. The van der Waals surface area contributed by atoms with Crippen molar-refractivity contribution in [3.8, 4) is 33.4 Å². The van der Waals surface area contributed by atoms with Gasteiger partial charge >= 0.3 is 0 Å². The van der Waals surface area contributed by atoms with Crippen LogP contribution in [0, 0.1) is 0 Å². The van der Waals surface area contributed by atoms with Gasteiger partial charge in [-0.1, -0.05) is 127 Å². The molecule has 1 heterocycles. The quantitative estimate of drug-likeness (QED) is 0.185. The van der Waals surface area contributed by atoms with Crippen LogP contribution < -0.4 is 0 Å². The first-order chi connectivity index (χ1) is 23.3. The molecule has 0 aliphatic heterocycles. The lowest BCUT2D eigenvalue weighted by Crippen LogP contribution is -1.87. The molecule has 47 heavy (non-hydrogen) atoms. The molecular weight excluding hydrogens is 569 g/mol. The molecular formula is C46H28O. The first-order valence-corrected chi connectivity index (χ1v) is 16.2. The number of hydrogen-bond acceptors (Lipinski definition) is 1. The van der Waals surface area contributed by atoms with Crippen LogP contribution in [0.15, 0.2) is 174 Å². The molecule has 10 aromatic rings. The zero-order chi connectivity index (χ0) is 30.9. The number of fused-ring (bicyclic) bond motifs is 9. The summed E-state index contributed by atoms with van der Waals surface area (Å²) >= 11 is 0. The molecule has 0 aliphatic carbocycles. The summed E-state index contributed by atoms with van der Waals surface area (Å²) in [7, 11) is 0. The van der Waals surface area contributed by atoms with Gasteiger partial charge in [-0.05, 0) is 119 Å². The van der Waals surface area contributed by atoms with Crippen LogP contribution in [-0.4, -0.2) is 0 Å². The van der Waals surface area contributed by atoms with Crippen LogP contribution in [0.3, 0.4) is 0 Å². The molecule has 0 unspecified atom stereocenters. The third-order valence-corrected chi connectivity index (χ3v) is 9.81. The van der Waals surface area contributed by atoms with Crippen molar-refractivity contribution in [2.75, 3.05) is 0 Å². The predicted molar refractivity (Wildman–Crippen MR) is 200 cm³/mol. The van der Waals surface area contributed by atoms with Gasteiger partial charge in [0, 0.05) is 10.8 Å². The van der Waals surface area contributed by atoms with Crippen molar-refractivity contribution < 1.29 is 4.42 Å². The molecule has 10 rings (SSSR count). The Balaban J connectivity index is 1.07. The van der Waals surface area contributed by atoms with E-state index < -0.39 is 0 Å². The van der Waals surface area contributed by atoms with Crippen LogP contribution in [-0.2, 0) is 0 Å². The Labute approximate surface area is 271 Å². The van der Waals surface area contributed by atoms with Crippen LogP contribution in [0.25, 0.3) is 98.4 Å². The molecule has 0 N–H and O–H groups in total. The zero-order valence-corrected chi connectivity index (χ0v) is 25.6. The Hall–Kier alpha value is -6.18. The standard InChI is InChI=1S/C46H28O/c1-2-8-29(9-3-1)34-20-22-44-42(26-34)43-27-35(21-23-45(43)47-44)32-15-16-33-25-36(18-17-31(33)24-32)41-28-37-19-14-30-10-4-5-11-38(30)46(37)40-13-7-6-12-39(40)41/h1-28H. The van der Waals surface area contributed by atoms with Crippen LogP contribution in [0.1, 0.15) is 0 Å². The normalized spacial score (nSPS) is 11.8. The first kappa shape index (κ1) is 26.1. The number of furan rings is 1. The molecule has 1 aromatic heterocycles. The van der Waals surface area contributed by atoms with Gasteiger partial charge in [0.2, 0.25) is 0 Å². The van der Waals surface area contributed by atoms with Gasteiger partial charge in [-0.3, -0.25) is 0 Å². The largest absolute Gasteiger partial charge is 0.456 e. The summed E-state index contributed by atoms with van der Waals surface area (Å²) in [6.45, 7) is 0. The number of benzene rings is 9. The van der Waals surface area contributed by atoms with Gasteiger partial charge < -0.3 is 4.42 Å². The van der Waals surface area contributed by atoms with Gasteiger partial charge in [-0.15, -0.1) is 0 Å². The van der Waals surface area contributed by atoms with Crippen LogP contribution in [0.4, 0.5) is 0 Å². The molecule has 0 atom stereocenters. The second-order valence-electron chi connectivity index (χ2n) is 12.5. The van der Waals surface area contributed by atoms with Crippen molar-refractivity contribution in [2.45, 2.75) is 0 Å². The van der Waals surface area contributed by atoms with E-state index in [0.29, 0.717) is 0 Å². The fraction of sp³-hybridized carbons (Fsp3) is 0. The number of rotatable bonds is 3. The highest BCUT2D eigenvalue weighted by atomic mass is 16.3. The molecule has 9 aromatic carbocycles. The van der Waals surface area contributed by atoms with Crippen LogP contribution in [0.5, 0.6) is 0 Å². The van der Waals surface area contributed by atoms with Gasteiger partial charge in [0.1, 0.15) is 11.2 Å². The second kappa shape index (κ2) is 10.2. The first-order valence-electron chi connectivity index (χ1n) is 16.2. The summed E-state index contributed by atoms with van der Waals surface area (Å²) in [6.07, 6.45) is 0. The summed E-state index contributed by atoms with van der Waals surface area (Å²) in [5.74, 6) is 0. The average molecular weight is 597 g/mol. The molecule has 0 aliphatic rings. The lowest BCUT2D eigenvalue weighted by atomic mass is 9.90. The third kappa shape index (κ3) is 4.17. The van der Waals surface area contributed by atoms with E-state index in [1.807, 2.05) is 0 Å². The SMILES string of the molecule is c1ccc(-c2ccc3oc4ccc(-c5ccc6cc(-c7cc8ccc9ccccc9c8c8ccccc78)ccc6c5)cc4c3c2)cc1. The number of hydrogen-bond donors (Lipinski definition) is 0. The Morgan fingerprint density at radius 3 is 1.57 bits per heavy atom. The summed E-state index contributed by atoms with van der Waals surface area (Å²) < 4.78 is 6.24. The maximum atomic E-state index is 6.24.